The molecule has 5 heteroatoms. The van der Waals surface area contributed by atoms with Crippen LogP contribution in [-0.2, 0) is 11.2 Å². The van der Waals surface area contributed by atoms with Gasteiger partial charge in [-0.2, -0.15) is 13.2 Å². The van der Waals surface area contributed by atoms with Crippen LogP contribution in [0.4, 0.5) is 13.2 Å². The lowest BCUT2D eigenvalue weighted by Crippen LogP contribution is -2.22. The van der Waals surface area contributed by atoms with Gasteiger partial charge in [-0.25, -0.2) is 0 Å². The van der Waals surface area contributed by atoms with Crippen molar-refractivity contribution in [3.63, 3.8) is 0 Å². The first-order valence-electron chi connectivity index (χ1n) is 8.75. The summed E-state index contributed by atoms with van der Waals surface area (Å²) in [7, 11) is 0. The van der Waals surface area contributed by atoms with E-state index in [4.69, 9.17) is 4.74 Å². The van der Waals surface area contributed by atoms with Gasteiger partial charge in [0.2, 0.25) is 5.78 Å². The topological polar surface area (TPSA) is 26.3 Å². The molecule has 0 unspecified atom stereocenters. The van der Waals surface area contributed by atoms with Crippen molar-refractivity contribution < 1.29 is 22.7 Å². The monoisotopic (exact) mass is 344 g/mol. The average molecular weight is 344 g/mol. The second-order valence-corrected chi connectivity index (χ2v) is 6.03. The molecule has 0 amide bonds. The Hall–Kier alpha value is -1.52. The van der Waals surface area contributed by atoms with Crippen molar-refractivity contribution in [3.8, 4) is 5.75 Å². The van der Waals surface area contributed by atoms with Crippen LogP contribution < -0.4 is 4.74 Å². The molecule has 0 aliphatic rings. The molecular formula is C19H27F3O2. The number of ether oxygens (including phenoxy) is 1. The summed E-state index contributed by atoms with van der Waals surface area (Å²) in [5.74, 6) is -1.07. The molecule has 0 heterocycles. The van der Waals surface area contributed by atoms with Gasteiger partial charge in [0.25, 0.3) is 0 Å². The van der Waals surface area contributed by atoms with E-state index in [2.05, 4.69) is 6.92 Å². The Morgan fingerprint density at radius 1 is 0.958 bits per heavy atom. The molecule has 0 aromatic heterocycles. The number of halogens is 3. The molecule has 2 nitrogen and oxygen atoms in total. The van der Waals surface area contributed by atoms with E-state index >= 15 is 0 Å². The lowest BCUT2D eigenvalue weighted by Gasteiger charge is -2.08. The zero-order valence-corrected chi connectivity index (χ0v) is 14.3. The smallest absolute Gasteiger partial charge is 0.449 e. The quantitative estimate of drug-likeness (QED) is 0.443. The van der Waals surface area contributed by atoms with Crippen LogP contribution >= 0.6 is 0 Å². The van der Waals surface area contributed by atoms with Gasteiger partial charge < -0.3 is 4.74 Å². The van der Waals surface area contributed by atoms with Crippen molar-refractivity contribution in [2.24, 2.45) is 0 Å². The average Bonchev–Trinajstić information content (AvgIpc) is 2.55. The number of alkyl halides is 3. The van der Waals surface area contributed by atoms with Gasteiger partial charge in [0.1, 0.15) is 5.75 Å². The van der Waals surface area contributed by atoms with E-state index in [0.717, 1.165) is 6.42 Å². The summed E-state index contributed by atoms with van der Waals surface area (Å²) in [4.78, 5) is 10.7. The number of carbonyl (C=O) groups is 1. The van der Waals surface area contributed by atoms with Gasteiger partial charge in [0.05, 0.1) is 6.61 Å². The molecule has 0 aliphatic heterocycles. The van der Waals surface area contributed by atoms with Gasteiger partial charge in [0.15, 0.2) is 0 Å². The molecule has 1 aromatic carbocycles. The van der Waals surface area contributed by atoms with E-state index < -0.39 is 18.4 Å². The fourth-order valence-electron chi connectivity index (χ4n) is 2.43. The number of ketones is 1. The number of Topliss-reactive ketones (excluding diaryl/α,β-unsaturated/α-hetero) is 1. The van der Waals surface area contributed by atoms with E-state index in [1.807, 2.05) is 24.3 Å². The highest BCUT2D eigenvalue weighted by Crippen LogP contribution is 2.19. The zero-order chi connectivity index (χ0) is 17.8. The molecule has 0 saturated heterocycles. The summed E-state index contributed by atoms with van der Waals surface area (Å²) < 4.78 is 41.5. The Labute approximate surface area is 142 Å². The van der Waals surface area contributed by atoms with Crippen LogP contribution in [-0.4, -0.2) is 18.6 Å². The van der Waals surface area contributed by atoms with Crippen molar-refractivity contribution in [2.45, 2.75) is 70.9 Å². The lowest BCUT2D eigenvalue weighted by molar-refractivity contribution is -0.171. The fraction of sp³-hybridized carbons (Fsp3) is 0.632. The summed E-state index contributed by atoms with van der Waals surface area (Å²) in [6.07, 6.45) is 3.40. The van der Waals surface area contributed by atoms with Crippen molar-refractivity contribution in [3.05, 3.63) is 29.8 Å². The highest BCUT2D eigenvalue weighted by Gasteiger charge is 2.37. The summed E-state index contributed by atoms with van der Waals surface area (Å²) in [6.45, 7) is 2.32. The van der Waals surface area contributed by atoms with Gasteiger partial charge in [-0.1, -0.05) is 51.2 Å². The largest absolute Gasteiger partial charge is 0.494 e. The summed E-state index contributed by atoms with van der Waals surface area (Å²) >= 11 is 0. The number of unbranched alkanes of at least 4 members (excludes halogenated alkanes) is 5. The Bertz CT molecular complexity index is 466. The first-order chi connectivity index (χ1) is 11.4. The summed E-state index contributed by atoms with van der Waals surface area (Å²) in [5.41, 5.74) is 1.24. The van der Waals surface area contributed by atoms with E-state index in [0.29, 0.717) is 5.75 Å². The Kier molecular flexibility index (Phi) is 9.50. The van der Waals surface area contributed by atoms with E-state index in [-0.39, 0.29) is 13.0 Å². The molecule has 0 spiro atoms. The molecule has 24 heavy (non-hydrogen) atoms. The highest BCUT2D eigenvalue weighted by molar-refractivity contribution is 5.83. The van der Waals surface area contributed by atoms with E-state index in [1.165, 1.54) is 44.1 Å². The molecule has 1 aromatic rings. The van der Waals surface area contributed by atoms with E-state index in [1.54, 1.807) is 0 Å². The molecule has 0 bridgehead atoms. The summed E-state index contributed by atoms with van der Waals surface area (Å²) in [6, 6.07) is 7.64. The van der Waals surface area contributed by atoms with E-state index in [9.17, 15) is 18.0 Å². The Morgan fingerprint density at radius 3 is 2.21 bits per heavy atom. The molecule has 0 fully saturated rings. The molecule has 0 N–H and O–H groups in total. The van der Waals surface area contributed by atoms with Crippen molar-refractivity contribution in [1.29, 1.82) is 0 Å². The molecular weight excluding hydrogens is 317 g/mol. The number of hydrogen-bond donors (Lipinski definition) is 0. The predicted molar refractivity (Wildman–Crippen MR) is 89.3 cm³/mol. The van der Waals surface area contributed by atoms with Gasteiger partial charge in [0, 0.05) is 6.42 Å². The Balaban J connectivity index is 2.17. The molecule has 0 atom stereocenters. The molecule has 0 saturated carbocycles. The van der Waals surface area contributed by atoms with Crippen LogP contribution in [0.15, 0.2) is 24.3 Å². The first kappa shape index (κ1) is 20.5. The molecule has 0 radical (unpaired) electrons. The van der Waals surface area contributed by atoms with Crippen LogP contribution in [0, 0.1) is 0 Å². The minimum Gasteiger partial charge on any atom is -0.494 e. The molecule has 1 rings (SSSR count). The fourth-order valence-corrected chi connectivity index (χ4v) is 2.43. The van der Waals surface area contributed by atoms with Gasteiger partial charge in [-0.15, -0.1) is 0 Å². The molecule has 136 valence electrons. The van der Waals surface area contributed by atoms with Gasteiger partial charge in [-0.3, -0.25) is 4.79 Å². The third kappa shape index (κ3) is 8.94. The zero-order valence-electron chi connectivity index (χ0n) is 14.3. The second-order valence-electron chi connectivity index (χ2n) is 6.03. The maximum atomic E-state index is 12.0. The number of rotatable bonds is 12. The normalized spacial score (nSPS) is 11.5. The minimum absolute atomic E-state index is 0.0673. The van der Waals surface area contributed by atoms with Gasteiger partial charge in [-0.05, 0) is 37.0 Å². The number of aryl methyl sites for hydroxylation is 1. The van der Waals surface area contributed by atoms with Crippen molar-refractivity contribution >= 4 is 5.78 Å². The summed E-state index contributed by atoms with van der Waals surface area (Å²) in [5, 5.41) is 0. The third-order valence-corrected chi connectivity index (χ3v) is 3.88. The van der Waals surface area contributed by atoms with Crippen LogP contribution in [0.2, 0.25) is 0 Å². The van der Waals surface area contributed by atoms with Gasteiger partial charge >= 0.3 is 6.18 Å². The third-order valence-electron chi connectivity index (χ3n) is 3.88. The highest BCUT2D eigenvalue weighted by atomic mass is 19.4. The van der Waals surface area contributed by atoms with Crippen LogP contribution in [0.25, 0.3) is 0 Å². The number of benzene rings is 1. The number of hydrogen-bond acceptors (Lipinski definition) is 2. The van der Waals surface area contributed by atoms with Crippen molar-refractivity contribution in [1.82, 2.24) is 0 Å². The lowest BCUT2D eigenvalue weighted by atomic mass is 10.0. The number of carbonyl (C=O) groups excluding carboxylic acids is 1. The van der Waals surface area contributed by atoms with Crippen LogP contribution in [0.5, 0.6) is 5.75 Å². The standard InChI is InChI=1S/C19H27F3O2/c1-2-3-4-5-6-7-9-16-11-13-17(14-12-16)24-15-8-10-18(23)19(20,21)22/h11-14H,2-10,15H2,1H3. The Morgan fingerprint density at radius 2 is 1.58 bits per heavy atom. The maximum absolute atomic E-state index is 12.0. The SMILES string of the molecule is CCCCCCCCc1ccc(OCCCC(=O)C(F)(F)F)cc1. The minimum atomic E-state index is -4.74. The van der Waals surface area contributed by atoms with Crippen molar-refractivity contribution in [2.75, 3.05) is 6.61 Å². The molecule has 0 aliphatic carbocycles. The van der Waals surface area contributed by atoms with Crippen LogP contribution in [0.3, 0.4) is 0 Å². The first-order valence-corrected chi connectivity index (χ1v) is 8.75. The second kappa shape index (κ2) is 11.1. The van der Waals surface area contributed by atoms with Crippen LogP contribution in [0.1, 0.15) is 63.9 Å². The predicted octanol–water partition coefficient (Wildman–Crippen LogP) is 5.88. The maximum Gasteiger partial charge on any atom is 0.449 e.